The van der Waals surface area contributed by atoms with Gasteiger partial charge >= 0.3 is 6.09 Å². The lowest BCUT2D eigenvalue weighted by Gasteiger charge is -2.14. The molecular weight excluding hydrogens is 232 g/mol. The van der Waals surface area contributed by atoms with Crippen LogP contribution in [-0.4, -0.2) is 23.4 Å². The van der Waals surface area contributed by atoms with Gasteiger partial charge in [0.05, 0.1) is 6.04 Å². The number of nitrogens with one attached hydrogen (secondary N) is 1. The molecule has 1 heterocycles. The van der Waals surface area contributed by atoms with Gasteiger partial charge in [-0.2, -0.15) is 0 Å². The Morgan fingerprint density at radius 1 is 1.44 bits per heavy atom. The molecule has 98 valence electrons. The van der Waals surface area contributed by atoms with E-state index in [2.05, 4.69) is 10.3 Å². The molecule has 0 fully saturated rings. The van der Waals surface area contributed by atoms with Crippen molar-refractivity contribution < 1.29 is 14.3 Å². The van der Waals surface area contributed by atoms with Gasteiger partial charge in [-0.15, -0.1) is 0 Å². The number of ether oxygens (including phenoxy) is 1. The van der Waals surface area contributed by atoms with Crippen LogP contribution in [0.5, 0.6) is 0 Å². The maximum atomic E-state index is 11.5. The number of carbonyl (C=O) groups is 2. The minimum atomic E-state index is -0.579. The van der Waals surface area contributed by atoms with Crippen LogP contribution in [0.4, 0.5) is 4.79 Å². The van der Waals surface area contributed by atoms with Crippen LogP contribution in [0.2, 0.25) is 0 Å². The summed E-state index contributed by atoms with van der Waals surface area (Å²) in [6.45, 7) is 4.14. The number of carbonyl (C=O) groups excluding carboxylic acids is 2. The predicted molar refractivity (Wildman–Crippen MR) is 66.9 cm³/mol. The van der Waals surface area contributed by atoms with Gasteiger partial charge in [-0.25, -0.2) is 4.79 Å². The molecule has 1 atom stereocenters. The summed E-state index contributed by atoms with van der Waals surface area (Å²) >= 11 is 0. The summed E-state index contributed by atoms with van der Waals surface area (Å²) in [6.07, 6.45) is 4.01. The van der Waals surface area contributed by atoms with Gasteiger partial charge in [0.25, 0.3) is 0 Å². The summed E-state index contributed by atoms with van der Waals surface area (Å²) in [6, 6.07) is 3.03. The number of amides is 1. The van der Waals surface area contributed by atoms with Crippen molar-refractivity contribution in [1.82, 2.24) is 10.3 Å². The van der Waals surface area contributed by atoms with Gasteiger partial charge in [0.1, 0.15) is 12.9 Å². The van der Waals surface area contributed by atoms with E-state index < -0.39 is 12.1 Å². The van der Waals surface area contributed by atoms with Crippen LogP contribution >= 0.6 is 0 Å². The van der Waals surface area contributed by atoms with Crippen LogP contribution in [0.3, 0.4) is 0 Å². The molecule has 0 aliphatic carbocycles. The Hall–Kier alpha value is -1.91. The van der Waals surface area contributed by atoms with E-state index in [1.54, 1.807) is 24.5 Å². The van der Waals surface area contributed by atoms with E-state index in [-0.39, 0.29) is 6.61 Å². The zero-order valence-corrected chi connectivity index (χ0v) is 10.6. The van der Waals surface area contributed by atoms with Crippen molar-refractivity contribution in [3.63, 3.8) is 0 Å². The van der Waals surface area contributed by atoms with E-state index in [4.69, 9.17) is 4.74 Å². The molecule has 1 aromatic rings. The fourth-order valence-corrected chi connectivity index (χ4v) is 1.48. The molecule has 1 N–H and O–H groups in total. The fourth-order valence-electron chi connectivity index (χ4n) is 1.48. The fraction of sp³-hybridized carbons (Fsp3) is 0.462. The lowest BCUT2D eigenvalue weighted by Crippen LogP contribution is -2.37. The number of hydrogen-bond acceptors (Lipinski definition) is 4. The molecule has 1 aromatic heterocycles. The zero-order chi connectivity index (χ0) is 13.4. The molecule has 5 nitrogen and oxygen atoms in total. The highest BCUT2D eigenvalue weighted by Gasteiger charge is 2.13. The first-order valence-electron chi connectivity index (χ1n) is 5.89. The van der Waals surface area contributed by atoms with Crippen molar-refractivity contribution in [1.29, 1.82) is 0 Å². The molecule has 5 heteroatoms. The van der Waals surface area contributed by atoms with Crippen molar-refractivity contribution in [2.24, 2.45) is 5.92 Å². The summed E-state index contributed by atoms with van der Waals surface area (Å²) in [5, 5.41) is 2.52. The number of hydrogen-bond donors (Lipinski definition) is 1. The average Bonchev–Trinajstić information content (AvgIpc) is 2.36. The van der Waals surface area contributed by atoms with Gasteiger partial charge in [0.2, 0.25) is 0 Å². The van der Waals surface area contributed by atoms with E-state index in [9.17, 15) is 9.59 Å². The van der Waals surface area contributed by atoms with Crippen molar-refractivity contribution in [3.05, 3.63) is 30.1 Å². The number of pyridine rings is 1. The number of aldehydes is 1. The molecule has 0 radical (unpaired) electrons. The summed E-state index contributed by atoms with van der Waals surface area (Å²) in [5.41, 5.74) is 0.853. The molecule has 0 aliphatic rings. The third-order valence-electron chi connectivity index (χ3n) is 2.31. The molecule has 18 heavy (non-hydrogen) atoms. The van der Waals surface area contributed by atoms with Gasteiger partial charge in [0.15, 0.2) is 0 Å². The van der Waals surface area contributed by atoms with Crippen molar-refractivity contribution in [3.8, 4) is 0 Å². The Kier molecular flexibility index (Phi) is 5.84. The lowest BCUT2D eigenvalue weighted by molar-refractivity contribution is -0.109. The van der Waals surface area contributed by atoms with Gasteiger partial charge in [0, 0.05) is 12.4 Å². The minimum Gasteiger partial charge on any atom is -0.445 e. The summed E-state index contributed by atoms with van der Waals surface area (Å²) < 4.78 is 5.01. The number of rotatable bonds is 6. The normalized spacial score (nSPS) is 11.9. The van der Waals surface area contributed by atoms with E-state index in [1.165, 1.54) is 0 Å². The van der Waals surface area contributed by atoms with Gasteiger partial charge in [-0.3, -0.25) is 4.98 Å². The number of alkyl carbamates (subject to hydrolysis) is 1. The topological polar surface area (TPSA) is 68.3 Å². The number of aromatic nitrogens is 1. The second kappa shape index (κ2) is 7.42. The first kappa shape index (κ1) is 14.2. The van der Waals surface area contributed by atoms with Crippen LogP contribution in [0.15, 0.2) is 24.5 Å². The molecule has 0 aliphatic heterocycles. The average molecular weight is 250 g/mol. The Bertz CT molecular complexity index is 379. The Balaban J connectivity index is 2.34. The Morgan fingerprint density at radius 2 is 2.11 bits per heavy atom. The lowest BCUT2D eigenvalue weighted by atomic mass is 10.1. The Morgan fingerprint density at radius 3 is 2.67 bits per heavy atom. The van der Waals surface area contributed by atoms with E-state index in [1.807, 2.05) is 13.8 Å². The minimum absolute atomic E-state index is 0.168. The standard InChI is InChI=1S/C13H18N2O3/c1-10(2)7-12(8-16)15-13(17)18-9-11-3-5-14-6-4-11/h3-6,8,10,12H,7,9H2,1-2H3,(H,15,17). The van der Waals surface area contributed by atoms with Gasteiger partial charge in [-0.05, 0) is 30.0 Å². The van der Waals surface area contributed by atoms with Crippen LogP contribution in [0.25, 0.3) is 0 Å². The van der Waals surface area contributed by atoms with Crippen molar-refractivity contribution in [2.45, 2.75) is 32.9 Å². The molecule has 1 rings (SSSR count). The summed E-state index contributed by atoms with van der Waals surface area (Å²) in [7, 11) is 0. The quantitative estimate of drug-likeness (QED) is 0.783. The van der Waals surface area contributed by atoms with E-state index in [0.717, 1.165) is 11.8 Å². The number of nitrogens with zero attached hydrogens (tertiary/aromatic N) is 1. The smallest absolute Gasteiger partial charge is 0.408 e. The maximum Gasteiger partial charge on any atom is 0.408 e. The zero-order valence-electron chi connectivity index (χ0n) is 10.6. The Labute approximate surface area is 107 Å². The monoisotopic (exact) mass is 250 g/mol. The summed E-state index contributed by atoms with van der Waals surface area (Å²) in [5.74, 6) is 0.334. The van der Waals surface area contributed by atoms with Gasteiger partial charge < -0.3 is 14.8 Å². The highest BCUT2D eigenvalue weighted by Crippen LogP contribution is 2.04. The first-order chi connectivity index (χ1) is 8.61. The SMILES string of the molecule is CC(C)CC(C=O)NC(=O)OCc1ccncc1. The van der Waals surface area contributed by atoms with Crippen LogP contribution < -0.4 is 5.32 Å². The molecule has 0 spiro atoms. The van der Waals surface area contributed by atoms with Gasteiger partial charge in [-0.1, -0.05) is 13.8 Å². The first-order valence-corrected chi connectivity index (χ1v) is 5.89. The summed E-state index contributed by atoms with van der Waals surface area (Å²) in [4.78, 5) is 26.1. The molecular formula is C13H18N2O3. The molecule has 0 saturated heterocycles. The van der Waals surface area contributed by atoms with Crippen LogP contribution in [0.1, 0.15) is 25.8 Å². The third kappa shape index (κ3) is 5.43. The van der Waals surface area contributed by atoms with E-state index >= 15 is 0 Å². The molecule has 0 saturated carbocycles. The second-order valence-corrected chi connectivity index (χ2v) is 4.45. The highest BCUT2D eigenvalue weighted by atomic mass is 16.5. The van der Waals surface area contributed by atoms with Crippen molar-refractivity contribution in [2.75, 3.05) is 0 Å². The largest absolute Gasteiger partial charge is 0.445 e. The predicted octanol–water partition coefficient (Wildman–Crippen LogP) is 1.92. The molecule has 1 amide bonds. The maximum absolute atomic E-state index is 11.5. The second-order valence-electron chi connectivity index (χ2n) is 4.45. The highest BCUT2D eigenvalue weighted by molar-refractivity contribution is 5.73. The van der Waals surface area contributed by atoms with Crippen LogP contribution in [0, 0.1) is 5.92 Å². The molecule has 1 unspecified atom stereocenters. The van der Waals surface area contributed by atoms with Crippen LogP contribution in [-0.2, 0) is 16.1 Å². The van der Waals surface area contributed by atoms with E-state index in [0.29, 0.717) is 12.3 Å². The third-order valence-corrected chi connectivity index (χ3v) is 2.31. The molecule has 0 aromatic carbocycles. The molecule has 0 bridgehead atoms. The van der Waals surface area contributed by atoms with Crippen molar-refractivity contribution >= 4 is 12.4 Å².